The first-order valence-electron chi connectivity index (χ1n) is 6.62. The summed E-state index contributed by atoms with van der Waals surface area (Å²) in [4.78, 5) is 0. The van der Waals surface area contributed by atoms with Crippen LogP contribution in [0.1, 0.15) is 25.8 Å². The SMILES string of the molecule is CCC(C)(O)C#Cc1ccc(-c2ccc(F)cc2)cc1. The minimum Gasteiger partial charge on any atom is -0.378 e. The number of aliphatic hydroxyl groups is 1. The first kappa shape index (κ1) is 14.3. The Kier molecular flexibility index (Phi) is 4.22. The molecule has 0 amide bonds. The molecular weight excluding hydrogens is 251 g/mol. The summed E-state index contributed by atoms with van der Waals surface area (Å²) in [6.07, 6.45) is 0.591. The molecule has 0 aliphatic heterocycles. The standard InChI is InChI=1S/C18H17FO/c1-3-18(2,20)13-12-14-4-6-15(7-5-14)16-8-10-17(19)11-9-16/h4-11,20H,3H2,1-2H3. The second-order valence-corrected chi connectivity index (χ2v) is 4.96. The Bertz CT molecular complexity index is 628. The van der Waals surface area contributed by atoms with Gasteiger partial charge in [-0.2, -0.15) is 0 Å². The van der Waals surface area contributed by atoms with Crippen LogP contribution in [0.3, 0.4) is 0 Å². The minimum atomic E-state index is -0.949. The van der Waals surface area contributed by atoms with Gasteiger partial charge in [0, 0.05) is 5.56 Å². The Balaban J connectivity index is 2.20. The van der Waals surface area contributed by atoms with Gasteiger partial charge in [-0.1, -0.05) is 43.0 Å². The molecule has 0 bridgehead atoms. The lowest BCUT2D eigenvalue weighted by molar-refractivity contribution is 0.118. The fraction of sp³-hybridized carbons (Fsp3) is 0.222. The first-order valence-corrected chi connectivity index (χ1v) is 6.62. The number of rotatable bonds is 2. The van der Waals surface area contributed by atoms with Crippen molar-refractivity contribution in [3.05, 3.63) is 59.9 Å². The van der Waals surface area contributed by atoms with Crippen LogP contribution in [0.2, 0.25) is 0 Å². The quantitative estimate of drug-likeness (QED) is 0.816. The predicted octanol–water partition coefficient (Wildman–Crippen LogP) is 4.01. The molecule has 1 atom stereocenters. The summed E-state index contributed by atoms with van der Waals surface area (Å²) in [5.41, 5.74) is 1.88. The largest absolute Gasteiger partial charge is 0.378 e. The van der Waals surface area contributed by atoms with E-state index in [1.165, 1.54) is 12.1 Å². The maximum atomic E-state index is 12.9. The number of benzene rings is 2. The van der Waals surface area contributed by atoms with Crippen molar-refractivity contribution >= 4 is 0 Å². The molecule has 0 aliphatic rings. The van der Waals surface area contributed by atoms with E-state index in [0.717, 1.165) is 16.7 Å². The highest BCUT2D eigenvalue weighted by Crippen LogP contribution is 2.20. The maximum absolute atomic E-state index is 12.9. The van der Waals surface area contributed by atoms with Crippen molar-refractivity contribution in [3.63, 3.8) is 0 Å². The fourth-order valence-electron chi connectivity index (χ4n) is 1.68. The summed E-state index contributed by atoms with van der Waals surface area (Å²) in [5, 5.41) is 9.83. The van der Waals surface area contributed by atoms with E-state index in [0.29, 0.717) is 6.42 Å². The Morgan fingerprint density at radius 3 is 2.00 bits per heavy atom. The lowest BCUT2D eigenvalue weighted by atomic mass is 10.0. The van der Waals surface area contributed by atoms with Crippen LogP contribution in [-0.2, 0) is 0 Å². The maximum Gasteiger partial charge on any atom is 0.123 e. The van der Waals surface area contributed by atoms with E-state index in [2.05, 4.69) is 11.8 Å². The second kappa shape index (κ2) is 5.90. The van der Waals surface area contributed by atoms with Crippen molar-refractivity contribution in [1.29, 1.82) is 0 Å². The summed E-state index contributed by atoms with van der Waals surface area (Å²) in [6, 6.07) is 14.1. The Morgan fingerprint density at radius 2 is 1.50 bits per heavy atom. The topological polar surface area (TPSA) is 20.2 Å². The molecule has 102 valence electrons. The molecule has 0 spiro atoms. The van der Waals surface area contributed by atoms with Crippen LogP contribution in [0.15, 0.2) is 48.5 Å². The molecule has 2 rings (SSSR count). The molecular formula is C18H17FO. The van der Waals surface area contributed by atoms with Crippen molar-refractivity contribution in [2.24, 2.45) is 0 Å². The highest BCUT2D eigenvalue weighted by Gasteiger charge is 2.12. The molecule has 0 saturated carbocycles. The van der Waals surface area contributed by atoms with Gasteiger partial charge in [0.15, 0.2) is 0 Å². The van der Waals surface area contributed by atoms with Gasteiger partial charge in [0.1, 0.15) is 11.4 Å². The van der Waals surface area contributed by atoms with Crippen LogP contribution >= 0.6 is 0 Å². The van der Waals surface area contributed by atoms with Crippen LogP contribution in [0.25, 0.3) is 11.1 Å². The van der Waals surface area contributed by atoms with Crippen LogP contribution in [0.4, 0.5) is 4.39 Å². The van der Waals surface area contributed by atoms with E-state index < -0.39 is 5.60 Å². The van der Waals surface area contributed by atoms with Crippen molar-refractivity contribution in [2.75, 3.05) is 0 Å². The van der Waals surface area contributed by atoms with Gasteiger partial charge < -0.3 is 5.11 Å². The monoisotopic (exact) mass is 268 g/mol. The number of hydrogen-bond acceptors (Lipinski definition) is 1. The highest BCUT2D eigenvalue weighted by molar-refractivity contribution is 5.64. The smallest absolute Gasteiger partial charge is 0.123 e. The molecule has 0 aliphatic carbocycles. The zero-order valence-electron chi connectivity index (χ0n) is 11.7. The van der Waals surface area contributed by atoms with Crippen molar-refractivity contribution in [1.82, 2.24) is 0 Å². The number of hydrogen-bond donors (Lipinski definition) is 1. The van der Waals surface area contributed by atoms with Gasteiger partial charge in [-0.25, -0.2) is 4.39 Å². The Hall–Kier alpha value is -2.11. The lowest BCUT2D eigenvalue weighted by Gasteiger charge is -2.11. The third-order valence-electron chi connectivity index (χ3n) is 3.23. The fourth-order valence-corrected chi connectivity index (χ4v) is 1.68. The molecule has 0 saturated heterocycles. The zero-order valence-corrected chi connectivity index (χ0v) is 11.7. The predicted molar refractivity (Wildman–Crippen MR) is 79.6 cm³/mol. The van der Waals surface area contributed by atoms with Crippen LogP contribution in [0, 0.1) is 17.7 Å². The molecule has 1 unspecified atom stereocenters. The van der Waals surface area contributed by atoms with Crippen molar-refractivity contribution in [2.45, 2.75) is 25.9 Å². The van der Waals surface area contributed by atoms with Gasteiger partial charge in [0.05, 0.1) is 0 Å². The van der Waals surface area contributed by atoms with Crippen LogP contribution in [0.5, 0.6) is 0 Å². The second-order valence-electron chi connectivity index (χ2n) is 4.96. The zero-order chi connectivity index (χ0) is 14.6. The van der Waals surface area contributed by atoms with Crippen LogP contribution < -0.4 is 0 Å². The van der Waals surface area contributed by atoms with Gasteiger partial charge in [-0.05, 0) is 48.7 Å². The normalized spacial score (nSPS) is 13.2. The molecule has 2 aromatic rings. The van der Waals surface area contributed by atoms with E-state index in [-0.39, 0.29) is 5.82 Å². The van der Waals surface area contributed by atoms with E-state index >= 15 is 0 Å². The molecule has 1 nitrogen and oxygen atoms in total. The third kappa shape index (κ3) is 3.69. The third-order valence-corrected chi connectivity index (χ3v) is 3.23. The first-order chi connectivity index (χ1) is 9.50. The summed E-state index contributed by atoms with van der Waals surface area (Å²) in [5.74, 6) is 5.57. The van der Waals surface area contributed by atoms with Gasteiger partial charge in [-0.15, -0.1) is 0 Å². The molecule has 0 radical (unpaired) electrons. The average Bonchev–Trinajstić information content (AvgIpc) is 2.47. The van der Waals surface area contributed by atoms with Crippen molar-refractivity contribution in [3.8, 4) is 23.0 Å². The molecule has 2 heteroatoms. The summed E-state index contributed by atoms with van der Waals surface area (Å²) in [7, 11) is 0. The van der Waals surface area contributed by atoms with E-state index in [1.54, 1.807) is 19.1 Å². The number of halogens is 1. The molecule has 1 N–H and O–H groups in total. The average molecular weight is 268 g/mol. The Labute approximate surface area is 119 Å². The summed E-state index contributed by atoms with van der Waals surface area (Å²) < 4.78 is 12.9. The van der Waals surface area contributed by atoms with Gasteiger partial charge >= 0.3 is 0 Å². The van der Waals surface area contributed by atoms with E-state index in [1.807, 2.05) is 31.2 Å². The van der Waals surface area contributed by atoms with Gasteiger partial charge in [0.25, 0.3) is 0 Å². The minimum absolute atomic E-state index is 0.238. The van der Waals surface area contributed by atoms with E-state index in [4.69, 9.17) is 0 Å². The van der Waals surface area contributed by atoms with Gasteiger partial charge in [-0.3, -0.25) is 0 Å². The molecule has 0 aromatic heterocycles. The summed E-state index contributed by atoms with van der Waals surface area (Å²) >= 11 is 0. The molecule has 2 aromatic carbocycles. The summed E-state index contributed by atoms with van der Waals surface area (Å²) in [6.45, 7) is 3.60. The van der Waals surface area contributed by atoms with Gasteiger partial charge in [0.2, 0.25) is 0 Å². The highest BCUT2D eigenvalue weighted by atomic mass is 19.1. The van der Waals surface area contributed by atoms with Crippen molar-refractivity contribution < 1.29 is 9.50 Å². The molecule has 20 heavy (non-hydrogen) atoms. The molecule has 0 fully saturated rings. The lowest BCUT2D eigenvalue weighted by Crippen LogP contribution is -2.19. The molecule has 0 heterocycles. The van der Waals surface area contributed by atoms with E-state index in [9.17, 15) is 9.50 Å². The Morgan fingerprint density at radius 1 is 1.00 bits per heavy atom. The van der Waals surface area contributed by atoms with Crippen LogP contribution in [-0.4, -0.2) is 10.7 Å².